The molecule has 0 unspecified atom stereocenters. The van der Waals surface area contributed by atoms with E-state index in [1.54, 1.807) is 7.11 Å². The van der Waals surface area contributed by atoms with E-state index in [9.17, 15) is 14.4 Å². The van der Waals surface area contributed by atoms with Crippen molar-refractivity contribution < 1.29 is 14.3 Å². The fourth-order valence-corrected chi connectivity index (χ4v) is 5.26. The molecule has 1 aromatic rings. The molecule has 8 nitrogen and oxygen atoms in total. The maximum absolute atomic E-state index is 12.9. The first-order valence-electron chi connectivity index (χ1n) is 11.7. The van der Waals surface area contributed by atoms with Crippen LogP contribution in [-0.4, -0.2) is 58.4 Å². The van der Waals surface area contributed by atoms with Gasteiger partial charge < -0.3 is 19.5 Å². The number of rotatable bonds is 6. The lowest BCUT2D eigenvalue weighted by Gasteiger charge is -2.31. The average molecular weight is 431 g/mol. The van der Waals surface area contributed by atoms with Crippen LogP contribution in [-0.2, 0) is 27.3 Å². The number of ether oxygens (including phenoxy) is 1. The first-order valence-corrected chi connectivity index (χ1v) is 11.7. The number of nitrogens with zero attached hydrogens (tertiary/aromatic N) is 3. The summed E-state index contributed by atoms with van der Waals surface area (Å²) in [6.07, 6.45) is 9.22. The van der Waals surface area contributed by atoms with Gasteiger partial charge in [-0.3, -0.25) is 14.4 Å². The van der Waals surface area contributed by atoms with Gasteiger partial charge in [0.05, 0.1) is 36.9 Å². The van der Waals surface area contributed by atoms with Crippen LogP contribution in [0, 0.1) is 5.92 Å². The third-order valence-electron chi connectivity index (χ3n) is 7.04. The zero-order valence-electron chi connectivity index (χ0n) is 18.5. The predicted octanol–water partition coefficient (Wildman–Crippen LogP) is 2.32. The molecule has 0 bridgehead atoms. The Balaban J connectivity index is 1.45. The molecule has 31 heavy (non-hydrogen) atoms. The predicted molar refractivity (Wildman–Crippen MR) is 115 cm³/mol. The molecular formula is C23H34N4O4. The number of likely N-dealkylation sites (tertiary alicyclic amines) is 1. The van der Waals surface area contributed by atoms with E-state index in [0.29, 0.717) is 62.8 Å². The molecule has 1 aliphatic carbocycles. The molecule has 1 saturated carbocycles. The Morgan fingerprint density at radius 2 is 1.90 bits per heavy atom. The normalized spacial score (nSPS) is 21.9. The van der Waals surface area contributed by atoms with Gasteiger partial charge in [0.1, 0.15) is 5.82 Å². The molecule has 1 N–H and O–H groups in total. The van der Waals surface area contributed by atoms with E-state index in [1.165, 1.54) is 19.3 Å². The fourth-order valence-electron chi connectivity index (χ4n) is 5.26. The SMILES string of the molecule is COCCC(=O)N1CCC[C@H]1c1nc2c(c(=O)[nH]1)CN(C(=O)CC1CCCCC1)CC2. The van der Waals surface area contributed by atoms with Crippen molar-refractivity contribution in [3.63, 3.8) is 0 Å². The Morgan fingerprint density at radius 1 is 1.10 bits per heavy atom. The summed E-state index contributed by atoms with van der Waals surface area (Å²) in [5, 5.41) is 0. The Hall–Kier alpha value is -2.22. The van der Waals surface area contributed by atoms with Gasteiger partial charge >= 0.3 is 0 Å². The number of carbonyl (C=O) groups excluding carboxylic acids is 2. The number of hydrogen-bond donors (Lipinski definition) is 1. The van der Waals surface area contributed by atoms with E-state index in [-0.39, 0.29) is 23.4 Å². The Morgan fingerprint density at radius 3 is 2.68 bits per heavy atom. The summed E-state index contributed by atoms with van der Waals surface area (Å²) in [6.45, 7) is 2.01. The fraction of sp³-hybridized carbons (Fsp3) is 0.739. The van der Waals surface area contributed by atoms with Gasteiger partial charge in [0.25, 0.3) is 5.56 Å². The third-order valence-corrected chi connectivity index (χ3v) is 7.04. The molecule has 8 heteroatoms. The maximum atomic E-state index is 12.9. The molecule has 2 amide bonds. The van der Waals surface area contributed by atoms with Crippen LogP contribution in [0.3, 0.4) is 0 Å². The summed E-state index contributed by atoms with van der Waals surface area (Å²) in [6, 6.07) is -0.187. The minimum Gasteiger partial charge on any atom is -0.384 e. The summed E-state index contributed by atoms with van der Waals surface area (Å²) in [4.78, 5) is 49.5. The second-order valence-corrected chi connectivity index (χ2v) is 9.14. The van der Waals surface area contributed by atoms with Crippen molar-refractivity contribution in [3.05, 3.63) is 27.4 Å². The van der Waals surface area contributed by atoms with Crippen molar-refractivity contribution in [2.45, 2.75) is 76.8 Å². The van der Waals surface area contributed by atoms with Gasteiger partial charge in [-0.05, 0) is 31.6 Å². The summed E-state index contributed by atoms with van der Waals surface area (Å²) in [5.74, 6) is 1.26. The average Bonchev–Trinajstić information content (AvgIpc) is 3.28. The van der Waals surface area contributed by atoms with Gasteiger partial charge in [-0.2, -0.15) is 0 Å². The molecule has 2 aliphatic heterocycles. The van der Waals surface area contributed by atoms with Crippen molar-refractivity contribution in [3.8, 4) is 0 Å². The number of methoxy groups -OCH3 is 1. The van der Waals surface area contributed by atoms with E-state index in [1.807, 2.05) is 9.80 Å². The van der Waals surface area contributed by atoms with Crippen molar-refractivity contribution >= 4 is 11.8 Å². The molecule has 3 aliphatic rings. The van der Waals surface area contributed by atoms with Crippen LogP contribution >= 0.6 is 0 Å². The number of aromatic amines is 1. The molecule has 0 radical (unpaired) electrons. The Kier molecular flexibility index (Phi) is 7.05. The van der Waals surface area contributed by atoms with Gasteiger partial charge in [0.2, 0.25) is 11.8 Å². The highest BCUT2D eigenvalue weighted by molar-refractivity contribution is 5.77. The van der Waals surface area contributed by atoms with E-state index >= 15 is 0 Å². The second kappa shape index (κ2) is 9.94. The number of amides is 2. The quantitative estimate of drug-likeness (QED) is 0.747. The monoisotopic (exact) mass is 430 g/mol. The topological polar surface area (TPSA) is 95.6 Å². The van der Waals surface area contributed by atoms with Crippen molar-refractivity contribution in [2.24, 2.45) is 5.92 Å². The van der Waals surface area contributed by atoms with Gasteiger partial charge in [0, 0.05) is 33.0 Å². The highest BCUT2D eigenvalue weighted by Crippen LogP contribution is 2.31. The molecule has 0 aromatic carbocycles. The van der Waals surface area contributed by atoms with Crippen LogP contribution in [0.15, 0.2) is 4.79 Å². The largest absolute Gasteiger partial charge is 0.384 e. The molecule has 3 heterocycles. The lowest BCUT2D eigenvalue weighted by atomic mass is 9.86. The minimum absolute atomic E-state index is 0.0317. The molecule has 1 aromatic heterocycles. The molecule has 2 fully saturated rings. The first kappa shape index (κ1) is 22.0. The second-order valence-electron chi connectivity index (χ2n) is 9.14. The Labute approximate surface area is 183 Å². The van der Waals surface area contributed by atoms with E-state index in [0.717, 1.165) is 31.4 Å². The van der Waals surface area contributed by atoms with Gasteiger partial charge in [-0.25, -0.2) is 4.98 Å². The smallest absolute Gasteiger partial charge is 0.256 e. The standard InChI is InChI=1S/C23H34N4O4/c1-31-13-10-20(28)27-11-5-8-19(27)22-24-18-9-12-26(15-17(18)23(30)25-22)21(29)14-16-6-3-2-4-7-16/h16,19H,2-15H2,1H3,(H,24,25,30)/t19-/m0/s1. The molecule has 1 atom stereocenters. The number of carbonyl (C=O) groups is 2. The van der Waals surface area contributed by atoms with Gasteiger partial charge in [0.15, 0.2) is 0 Å². The number of hydrogen-bond acceptors (Lipinski definition) is 5. The van der Waals surface area contributed by atoms with Crippen LogP contribution in [0.2, 0.25) is 0 Å². The minimum atomic E-state index is -0.187. The number of nitrogens with one attached hydrogen (secondary N) is 1. The van der Waals surface area contributed by atoms with Crippen molar-refractivity contribution in [1.29, 1.82) is 0 Å². The number of aromatic nitrogens is 2. The number of H-pyrrole nitrogens is 1. The Bertz CT molecular complexity index is 862. The molecule has 4 rings (SSSR count). The van der Waals surface area contributed by atoms with Crippen LogP contribution < -0.4 is 5.56 Å². The molecule has 1 saturated heterocycles. The van der Waals surface area contributed by atoms with E-state index < -0.39 is 0 Å². The van der Waals surface area contributed by atoms with Crippen LogP contribution in [0.25, 0.3) is 0 Å². The summed E-state index contributed by atoms with van der Waals surface area (Å²) in [5.41, 5.74) is 1.20. The van der Waals surface area contributed by atoms with Crippen molar-refractivity contribution in [2.75, 3.05) is 26.8 Å². The van der Waals surface area contributed by atoms with Crippen LogP contribution in [0.5, 0.6) is 0 Å². The van der Waals surface area contributed by atoms with E-state index in [2.05, 4.69) is 4.98 Å². The summed E-state index contributed by atoms with van der Waals surface area (Å²) < 4.78 is 5.03. The molecular weight excluding hydrogens is 396 g/mol. The zero-order valence-corrected chi connectivity index (χ0v) is 18.5. The lowest BCUT2D eigenvalue weighted by Crippen LogP contribution is -2.41. The van der Waals surface area contributed by atoms with E-state index in [4.69, 9.17) is 9.72 Å². The molecule has 170 valence electrons. The van der Waals surface area contributed by atoms with Gasteiger partial charge in [-0.15, -0.1) is 0 Å². The third kappa shape index (κ3) is 5.00. The lowest BCUT2D eigenvalue weighted by molar-refractivity contribution is -0.134. The maximum Gasteiger partial charge on any atom is 0.256 e. The van der Waals surface area contributed by atoms with Gasteiger partial charge in [-0.1, -0.05) is 19.3 Å². The summed E-state index contributed by atoms with van der Waals surface area (Å²) >= 11 is 0. The summed E-state index contributed by atoms with van der Waals surface area (Å²) in [7, 11) is 1.58. The highest BCUT2D eigenvalue weighted by atomic mass is 16.5. The molecule has 0 spiro atoms. The number of fused-ring (bicyclic) bond motifs is 1. The van der Waals surface area contributed by atoms with Crippen LogP contribution in [0.1, 0.15) is 80.9 Å². The van der Waals surface area contributed by atoms with Crippen molar-refractivity contribution in [1.82, 2.24) is 19.8 Å². The highest BCUT2D eigenvalue weighted by Gasteiger charge is 2.33. The zero-order chi connectivity index (χ0) is 21.8. The first-order chi connectivity index (χ1) is 15.1. The van der Waals surface area contributed by atoms with Crippen LogP contribution in [0.4, 0.5) is 0 Å².